The fourth-order valence-corrected chi connectivity index (χ4v) is 6.70. The van der Waals surface area contributed by atoms with Crippen molar-refractivity contribution in [3.05, 3.63) is 151 Å². The van der Waals surface area contributed by atoms with Crippen molar-refractivity contribution < 1.29 is 0 Å². The van der Waals surface area contributed by atoms with E-state index >= 15 is 0 Å². The molecule has 0 bridgehead atoms. The minimum absolute atomic E-state index is 0.0832. The Hall–Kier alpha value is -7.16. The molecule has 4 aromatic heterocycles. The molecule has 4 heterocycles. The first-order valence-electron chi connectivity index (χ1n) is 15.3. The van der Waals surface area contributed by atoms with Gasteiger partial charge in [-0.3, -0.25) is 0 Å². The molecule has 9 aromatic rings. The SMILES string of the molecule is [C-]#[N+]c1ncc(-c2cc(-c3ncc(C#N)cn3)ccc2-n2c3ccccc3c3cc4c5ccccc5n(-c5ccccc5)c4cc32)cn1. The molecule has 0 radical (unpaired) electrons. The van der Waals surface area contributed by atoms with E-state index in [1.807, 2.05) is 18.2 Å². The summed E-state index contributed by atoms with van der Waals surface area (Å²) in [6.45, 7) is 7.38. The van der Waals surface area contributed by atoms with E-state index in [2.05, 4.69) is 131 Å². The second-order valence-electron chi connectivity index (χ2n) is 11.4. The highest BCUT2D eigenvalue weighted by atomic mass is 15.0. The average molecular weight is 615 g/mol. The van der Waals surface area contributed by atoms with Crippen LogP contribution in [0.1, 0.15) is 5.56 Å². The first-order chi connectivity index (χ1) is 23.7. The first kappa shape index (κ1) is 27.2. The molecule has 5 aromatic carbocycles. The maximum atomic E-state index is 9.27. The fourth-order valence-electron chi connectivity index (χ4n) is 6.70. The zero-order chi connectivity index (χ0) is 32.2. The van der Waals surface area contributed by atoms with Gasteiger partial charge in [-0.05, 0) is 54.6 Å². The molecule has 0 fully saturated rings. The van der Waals surface area contributed by atoms with Gasteiger partial charge in [-0.25, -0.2) is 9.97 Å². The Balaban J connectivity index is 1.38. The van der Waals surface area contributed by atoms with Crippen LogP contribution in [0.15, 0.2) is 134 Å². The summed E-state index contributed by atoms with van der Waals surface area (Å²) in [4.78, 5) is 20.9. The van der Waals surface area contributed by atoms with E-state index < -0.39 is 0 Å². The standard InChI is InChI=1S/C40H22N8/c1-42-40-45-23-27(24-46-40)31-17-26(39-43-21-25(20-41)22-44-39)15-16-36(31)48-35-14-8-6-12-30(35)33-18-32-29-11-5-7-13-34(29)47(37(32)19-38(33)48)28-9-3-2-4-10-28/h2-19,21-24H. The lowest BCUT2D eigenvalue weighted by molar-refractivity contribution is 1.14. The van der Waals surface area contributed by atoms with Crippen molar-refractivity contribution in [3.63, 3.8) is 0 Å². The van der Waals surface area contributed by atoms with Crippen LogP contribution in [-0.2, 0) is 0 Å². The van der Waals surface area contributed by atoms with Crippen molar-refractivity contribution in [2.75, 3.05) is 0 Å². The molecule has 222 valence electrons. The number of rotatable bonds is 4. The Labute approximate surface area is 274 Å². The zero-order valence-electron chi connectivity index (χ0n) is 25.3. The van der Waals surface area contributed by atoms with Crippen LogP contribution in [0.25, 0.3) is 82.3 Å². The molecule has 0 aliphatic heterocycles. The van der Waals surface area contributed by atoms with Crippen LogP contribution >= 0.6 is 0 Å². The topological polar surface area (TPSA) is 89.6 Å². The quantitative estimate of drug-likeness (QED) is 0.184. The highest BCUT2D eigenvalue weighted by molar-refractivity contribution is 6.19. The Morgan fingerprint density at radius 3 is 1.85 bits per heavy atom. The number of nitriles is 1. The average Bonchev–Trinajstić information content (AvgIpc) is 3.66. The maximum Gasteiger partial charge on any atom is 0.371 e. The summed E-state index contributed by atoms with van der Waals surface area (Å²) in [7, 11) is 0. The van der Waals surface area contributed by atoms with E-state index in [9.17, 15) is 5.26 Å². The van der Waals surface area contributed by atoms with Crippen LogP contribution in [0.5, 0.6) is 0 Å². The monoisotopic (exact) mass is 614 g/mol. The fraction of sp³-hybridized carbons (Fsp3) is 0. The lowest BCUT2D eigenvalue weighted by atomic mass is 10.0. The van der Waals surface area contributed by atoms with Gasteiger partial charge in [0.2, 0.25) is 0 Å². The number of para-hydroxylation sites is 3. The van der Waals surface area contributed by atoms with Gasteiger partial charge in [0.15, 0.2) is 5.82 Å². The molecule has 8 heteroatoms. The van der Waals surface area contributed by atoms with E-state index in [-0.39, 0.29) is 5.95 Å². The molecule has 0 aliphatic rings. The van der Waals surface area contributed by atoms with Gasteiger partial charge in [-0.15, -0.1) is 6.57 Å². The third kappa shape index (κ3) is 4.14. The lowest BCUT2D eigenvalue weighted by Crippen LogP contribution is -2.00. The molecule has 0 saturated carbocycles. The van der Waals surface area contributed by atoms with Crippen molar-refractivity contribution in [1.29, 1.82) is 5.26 Å². The van der Waals surface area contributed by atoms with Crippen molar-refractivity contribution in [2.24, 2.45) is 0 Å². The molecule has 48 heavy (non-hydrogen) atoms. The van der Waals surface area contributed by atoms with Crippen molar-refractivity contribution in [3.8, 4) is 40.0 Å². The summed E-state index contributed by atoms with van der Waals surface area (Å²) >= 11 is 0. The number of fused-ring (bicyclic) bond motifs is 6. The van der Waals surface area contributed by atoms with Gasteiger partial charge in [-0.2, -0.15) is 15.2 Å². The van der Waals surface area contributed by atoms with Crippen LogP contribution in [0.3, 0.4) is 0 Å². The second-order valence-corrected chi connectivity index (χ2v) is 11.4. The second kappa shape index (κ2) is 10.7. The summed E-state index contributed by atoms with van der Waals surface area (Å²) in [5.74, 6) is 0.580. The number of hydrogen-bond acceptors (Lipinski definition) is 5. The molecule has 0 aliphatic carbocycles. The van der Waals surface area contributed by atoms with Crippen LogP contribution in [-0.4, -0.2) is 29.1 Å². The van der Waals surface area contributed by atoms with Gasteiger partial charge in [-0.1, -0.05) is 54.6 Å². The maximum absolute atomic E-state index is 9.27. The summed E-state index contributed by atoms with van der Waals surface area (Å²) in [5.41, 5.74) is 9.13. The molecule has 0 saturated heterocycles. The van der Waals surface area contributed by atoms with Gasteiger partial charge in [0, 0.05) is 50.8 Å². The lowest BCUT2D eigenvalue weighted by Gasteiger charge is -2.15. The summed E-state index contributed by atoms with van der Waals surface area (Å²) < 4.78 is 4.62. The first-order valence-corrected chi connectivity index (χ1v) is 15.3. The smallest absolute Gasteiger partial charge is 0.371 e. The third-order valence-corrected chi connectivity index (χ3v) is 8.81. The third-order valence-electron chi connectivity index (χ3n) is 8.81. The van der Waals surface area contributed by atoms with Crippen LogP contribution in [0.2, 0.25) is 0 Å². The van der Waals surface area contributed by atoms with E-state index in [0.29, 0.717) is 11.4 Å². The Kier molecular flexibility index (Phi) is 6.07. The largest absolute Gasteiger partial charge is 0.394 e. The number of nitrogens with zero attached hydrogens (tertiary/aromatic N) is 8. The normalized spacial score (nSPS) is 11.3. The molecular weight excluding hydrogens is 592 g/mol. The van der Waals surface area contributed by atoms with Crippen molar-refractivity contribution in [2.45, 2.75) is 0 Å². The van der Waals surface area contributed by atoms with Crippen LogP contribution < -0.4 is 0 Å². The predicted octanol–water partition coefficient (Wildman–Crippen LogP) is 9.22. The zero-order valence-corrected chi connectivity index (χ0v) is 25.3. The van der Waals surface area contributed by atoms with E-state index in [0.717, 1.165) is 60.9 Å². The number of hydrogen-bond donors (Lipinski definition) is 0. The molecule has 0 unspecified atom stereocenters. The number of benzene rings is 5. The highest BCUT2D eigenvalue weighted by Gasteiger charge is 2.21. The van der Waals surface area contributed by atoms with Gasteiger partial charge >= 0.3 is 5.95 Å². The molecule has 0 amide bonds. The van der Waals surface area contributed by atoms with E-state index in [4.69, 9.17) is 6.57 Å². The Morgan fingerprint density at radius 1 is 0.562 bits per heavy atom. The van der Waals surface area contributed by atoms with Gasteiger partial charge in [0.25, 0.3) is 0 Å². The molecule has 0 N–H and O–H groups in total. The van der Waals surface area contributed by atoms with Crippen molar-refractivity contribution in [1.82, 2.24) is 29.1 Å². The van der Waals surface area contributed by atoms with Gasteiger partial charge in [0.05, 0.1) is 51.3 Å². The van der Waals surface area contributed by atoms with E-state index in [1.165, 1.54) is 23.2 Å². The van der Waals surface area contributed by atoms with Crippen molar-refractivity contribution >= 4 is 49.6 Å². The molecule has 8 nitrogen and oxygen atoms in total. The summed E-state index contributed by atoms with van der Waals surface area (Å²) in [6.07, 6.45) is 6.41. The highest BCUT2D eigenvalue weighted by Crippen LogP contribution is 2.41. The summed E-state index contributed by atoms with van der Waals surface area (Å²) in [6, 6.07) is 40.2. The van der Waals surface area contributed by atoms with Gasteiger partial charge in [0.1, 0.15) is 6.07 Å². The molecule has 0 atom stereocenters. The minimum atomic E-state index is 0.0832. The Morgan fingerprint density at radius 2 is 1.19 bits per heavy atom. The molecular formula is C40H22N8. The molecule has 9 rings (SSSR count). The van der Waals surface area contributed by atoms with Crippen LogP contribution in [0.4, 0.5) is 5.95 Å². The predicted molar refractivity (Wildman–Crippen MR) is 188 cm³/mol. The minimum Gasteiger partial charge on any atom is -0.394 e. The summed E-state index contributed by atoms with van der Waals surface area (Å²) in [5, 5.41) is 13.9. The molecule has 0 spiro atoms. The Bertz CT molecular complexity index is 2780. The van der Waals surface area contributed by atoms with Crippen LogP contribution in [0, 0.1) is 17.9 Å². The van der Waals surface area contributed by atoms with Gasteiger partial charge < -0.3 is 14.0 Å². The number of aromatic nitrogens is 6. The van der Waals surface area contributed by atoms with E-state index in [1.54, 1.807) is 12.4 Å².